The van der Waals surface area contributed by atoms with E-state index in [1.165, 1.54) is 173 Å². The average Bonchev–Trinajstić information content (AvgIpc) is 3.29. The zero-order valence-corrected chi connectivity index (χ0v) is 46.8. The quantitative estimate of drug-likeness (QED) is 0.0205. The fraction of sp³-hybridized carbons (Fsp3) is 0.897. The van der Waals surface area contributed by atoms with Gasteiger partial charge in [-0.05, 0) is 57.4 Å². The SMILES string of the molecule is CCCCCCCCC/C=C/CCCCCCCC(=O)NC(COP(=O)(O)OCC[N+](C)(C)C)C(/C=C/CCCCCCCCCCCC)OC(=O)CCCCCCCCCCCCCCCC. The summed E-state index contributed by atoms with van der Waals surface area (Å²) in [6, 6.07) is -0.845. The van der Waals surface area contributed by atoms with Crippen LogP contribution in [0.5, 0.6) is 0 Å². The molecule has 0 bridgehead atoms. The number of phosphoric ester groups is 1. The first kappa shape index (κ1) is 66.5. The highest BCUT2D eigenvalue weighted by Gasteiger charge is 2.30. The first-order valence-corrected chi connectivity index (χ1v) is 30.7. The number of likely N-dealkylation sites (N-methyl/N-ethyl adjacent to an activating group) is 1. The van der Waals surface area contributed by atoms with E-state index in [-0.39, 0.29) is 25.1 Å². The van der Waals surface area contributed by atoms with Crippen LogP contribution in [-0.4, -0.2) is 74.3 Å². The summed E-state index contributed by atoms with van der Waals surface area (Å²) in [5.74, 6) is -0.502. The second-order valence-corrected chi connectivity index (χ2v) is 22.6. The number of phosphoric acid groups is 1. The van der Waals surface area contributed by atoms with Gasteiger partial charge in [-0.3, -0.25) is 18.6 Å². The Morgan fingerprint density at radius 3 is 1.25 bits per heavy atom. The van der Waals surface area contributed by atoms with E-state index >= 15 is 0 Å². The number of unbranched alkanes of at least 4 members (excludes halogenated alkanes) is 35. The maximum Gasteiger partial charge on any atom is 0.472 e. The first-order valence-electron chi connectivity index (χ1n) is 29.2. The predicted octanol–water partition coefficient (Wildman–Crippen LogP) is 17.4. The summed E-state index contributed by atoms with van der Waals surface area (Å²) in [5.41, 5.74) is 0. The van der Waals surface area contributed by atoms with Crippen molar-refractivity contribution in [2.45, 2.75) is 296 Å². The van der Waals surface area contributed by atoms with E-state index in [0.29, 0.717) is 23.9 Å². The molecule has 0 aliphatic rings. The zero-order valence-electron chi connectivity index (χ0n) is 45.9. The Kier molecular flexibility index (Phi) is 48.0. The molecule has 0 saturated heterocycles. The molecule has 0 saturated carbocycles. The van der Waals surface area contributed by atoms with E-state index in [4.69, 9.17) is 13.8 Å². The molecule has 1 amide bonds. The van der Waals surface area contributed by atoms with Crippen molar-refractivity contribution >= 4 is 19.7 Å². The molecule has 9 nitrogen and oxygen atoms in total. The number of quaternary nitrogens is 1. The summed E-state index contributed by atoms with van der Waals surface area (Å²) in [4.78, 5) is 37.6. The maximum absolute atomic E-state index is 13.5. The van der Waals surface area contributed by atoms with Crippen LogP contribution in [0.3, 0.4) is 0 Å². The number of allylic oxidation sites excluding steroid dienone is 3. The monoisotopic (exact) mass is 982 g/mol. The number of nitrogens with one attached hydrogen (secondary N) is 1. The molecule has 2 N–H and O–H groups in total. The first-order chi connectivity index (χ1) is 32.9. The van der Waals surface area contributed by atoms with Gasteiger partial charge in [0.15, 0.2) is 0 Å². The summed E-state index contributed by atoms with van der Waals surface area (Å²) in [6.45, 7) is 7.03. The fourth-order valence-electron chi connectivity index (χ4n) is 8.58. The van der Waals surface area contributed by atoms with Gasteiger partial charge in [0.25, 0.3) is 0 Å². The minimum atomic E-state index is -4.44. The van der Waals surface area contributed by atoms with Gasteiger partial charge >= 0.3 is 13.8 Å². The third-order valence-corrected chi connectivity index (χ3v) is 14.1. The highest BCUT2D eigenvalue weighted by molar-refractivity contribution is 7.47. The summed E-state index contributed by atoms with van der Waals surface area (Å²) in [7, 11) is 1.50. The molecule has 0 aliphatic heterocycles. The molecule has 0 aromatic carbocycles. The van der Waals surface area contributed by atoms with Crippen molar-refractivity contribution in [1.82, 2.24) is 5.32 Å². The van der Waals surface area contributed by atoms with E-state index in [1.54, 1.807) is 0 Å². The molecule has 0 heterocycles. The van der Waals surface area contributed by atoms with Crippen LogP contribution in [0.25, 0.3) is 0 Å². The van der Waals surface area contributed by atoms with Gasteiger partial charge in [0.2, 0.25) is 5.91 Å². The Labute approximate surface area is 422 Å². The molecular formula is C58H114N2O7P+. The Morgan fingerprint density at radius 2 is 0.853 bits per heavy atom. The van der Waals surface area contributed by atoms with Gasteiger partial charge in [0.1, 0.15) is 19.3 Å². The molecular weight excluding hydrogens is 868 g/mol. The molecule has 10 heteroatoms. The Morgan fingerprint density at radius 1 is 0.500 bits per heavy atom. The molecule has 0 spiro atoms. The van der Waals surface area contributed by atoms with Gasteiger partial charge in [-0.15, -0.1) is 0 Å². The van der Waals surface area contributed by atoms with Crippen molar-refractivity contribution in [2.24, 2.45) is 0 Å². The van der Waals surface area contributed by atoms with Crippen LogP contribution >= 0.6 is 7.82 Å². The van der Waals surface area contributed by atoms with Crippen molar-refractivity contribution in [3.63, 3.8) is 0 Å². The molecule has 0 aromatic heterocycles. The summed E-state index contributed by atoms with van der Waals surface area (Å²) >= 11 is 0. The lowest BCUT2D eigenvalue weighted by Crippen LogP contribution is -2.47. The molecule has 0 rings (SSSR count). The Bertz CT molecular complexity index is 1220. The van der Waals surface area contributed by atoms with Crippen LogP contribution in [0, 0.1) is 0 Å². The predicted molar refractivity (Wildman–Crippen MR) is 291 cm³/mol. The molecule has 402 valence electrons. The summed E-state index contributed by atoms with van der Waals surface area (Å²) < 4.78 is 30.6. The van der Waals surface area contributed by atoms with Gasteiger partial charge in [-0.2, -0.15) is 0 Å². The molecule has 0 fully saturated rings. The summed E-state index contributed by atoms with van der Waals surface area (Å²) in [6.07, 6.45) is 55.9. The van der Waals surface area contributed by atoms with Gasteiger partial charge in [-0.25, -0.2) is 4.57 Å². The summed E-state index contributed by atoms with van der Waals surface area (Å²) in [5, 5.41) is 3.05. The number of rotatable bonds is 53. The lowest BCUT2D eigenvalue weighted by Gasteiger charge is -2.27. The highest BCUT2D eigenvalue weighted by Crippen LogP contribution is 2.43. The largest absolute Gasteiger partial charge is 0.472 e. The van der Waals surface area contributed by atoms with E-state index in [0.717, 1.165) is 77.0 Å². The van der Waals surface area contributed by atoms with Crippen molar-refractivity contribution in [3.8, 4) is 0 Å². The molecule has 0 aromatic rings. The van der Waals surface area contributed by atoms with Gasteiger partial charge in [-0.1, -0.05) is 238 Å². The number of hydrogen-bond acceptors (Lipinski definition) is 6. The van der Waals surface area contributed by atoms with Crippen molar-refractivity contribution in [1.29, 1.82) is 0 Å². The highest BCUT2D eigenvalue weighted by atomic mass is 31.2. The van der Waals surface area contributed by atoms with Crippen LogP contribution in [0.1, 0.15) is 284 Å². The van der Waals surface area contributed by atoms with Gasteiger partial charge in [0, 0.05) is 12.8 Å². The van der Waals surface area contributed by atoms with E-state index in [9.17, 15) is 19.0 Å². The number of esters is 1. The third kappa shape index (κ3) is 49.5. The molecule has 0 radical (unpaired) electrons. The topological polar surface area (TPSA) is 111 Å². The number of carbonyl (C=O) groups is 2. The van der Waals surface area contributed by atoms with Crippen molar-refractivity contribution in [3.05, 3.63) is 24.3 Å². The van der Waals surface area contributed by atoms with Gasteiger partial charge in [0.05, 0.1) is 33.8 Å². The number of carbonyl (C=O) groups excluding carboxylic acids is 2. The normalized spacial score (nSPS) is 13.9. The second-order valence-electron chi connectivity index (χ2n) is 21.2. The van der Waals surface area contributed by atoms with Gasteiger partial charge < -0.3 is 19.4 Å². The van der Waals surface area contributed by atoms with Crippen LogP contribution in [0.4, 0.5) is 0 Å². The van der Waals surface area contributed by atoms with Crippen LogP contribution < -0.4 is 5.32 Å². The minimum Gasteiger partial charge on any atom is -0.456 e. The standard InChI is InChI=1S/C58H113N2O7P/c1-7-10-13-16-19-22-25-28-30-31-32-35-38-41-44-47-50-57(61)59-55(54-66-68(63,64)65-53-52-60(4,5)6)56(49-46-43-40-37-34-27-24-21-18-15-12-9-3)67-58(62)51-48-45-42-39-36-33-29-26-23-20-17-14-11-8-2/h30-31,46,49,55-56H,7-29,32-45,47-48,50-54H2,1-6H3,(H-,59,61,63,64)/p+1/b31-30+,49-46+. The Hall–Kier alpha value is -1.51. The molecule has 0 aliphatic carbocycles. The van der Waals surface area contributed by atoms with Crippen LogP contribution in [0.2, 0.25) is 0 Å². The fourth-order valence-corrected chi connectivity index (χ4v) is 9.32. The minimum absolute atomic E-state index is 0.0419. The average molecular weight is 983 g/mol. The van der Waals surface area contributed by atoms with E-state index in [2.05, 4.69) is 38.2 Å². The van der Waals surface area contributed by atoms with Crippen molar-refractivity contribution < 1.29 is 37.3 Å². The smallest absolute Gasteiger partial charge is 0.456 e. The molecule has 3 atom stereocenters. The Balaban J connectivity index is 5.33. The van der Waals surface area contributed by atoms with E-state index < -0.39 is 20.0 Å². The molecule has 3 unspecified atom stereocenters. The van der Waals surface area contributed by atoms with E-state index in [1.807, 2.05) is 33.3 Å². The third-order valence-electron chi connectivity index (χ3n) is 13.1. The number of amides is 1. The lowest BCUT2D eigenvalue weighted by molar-refractivity contribution is -0.870. The van der Waals surface area contributed by atoms with Crippen LogP contribution in [-0.2, 0) is 27.9 Å². The maximum atomic E-state index is 13.5. The number of nitrogens with zero attached hydrogens (tertiary/aromatic N) is 1. The number of hydrogen-bond donors (Lipinski definition) is 2. The lowest BCUT2D eigenvalue weighted by atomic mass is 10.0. The number of ether oxygens (including phenoxy) is 1. The second kappa shape index (κ2) is 49.1. The zero-order chi connectivity index (χ0) is 50.1. The van der Waals surface area contributed by atoms with Crippen LogP contribution in [0.15, 0.2) is 24.3 Å². The van der Waals surface area contributed by atoms with Crippen molar-refractivity contribution in [2.75, 3.05) is 40.9 Å². The molecule has 68 heavy (non-hydrogen) atoms.